The minimum atomic E-state index is -0.198. The molecule has 3 heterocycles. The van der Waals surface area contributed by atoms with Gasteiger partial charge >= 0.3 is 0 Å². The van der Waals surface area contributed by atoms with Crippen molar-refractivity contribution >= 4 is 25.2 Å². The largest absolute Gasteiger partial charge is 0.341 e. The third-order valence-electron chi connectivity index (χ3n) is 6.42. The Morgan fingerprint density at radius 3 is 2.39 bits per heavy atom. The molecule has 146 valence electrons. The molecule has 4 rings (SSSR count). The quantitative estimate of drug-likeness (QED) is 0.767. The van der Waals surface area contributed by atoms with Crippen LogP contribution in [0, 0.1) is 19.3 Å². The second-order valence-electron chi connectivity index (χ2n) is 8.47. The summed E-state index contributed by atoms with van der Waals surface area (Å²) in [7, 11) is 2.13. The Hall–Kier alpha value is -2.37. The van der Waals surface area contributed by atoms with Crippen LogP contribution in [0.5, 0.6) is 0 Å². The maximum absolute atomic E-state index is 13.4. The second-order valence-corrected chi connectivity index (χ2v) is 8.47. The van der Waals surface area contributed by atoms with E-state index in [-0.39, 0.29) is 5.41 Å². The molecule has 1 amide bonds. The summed E-state index contributed by atoms with van der Waals surface area (Å²) in [5.74, 6) is 1.16. The molecule has 28 heavy (non-hydrogen) atoms. The van der Waals surface area contributed by atoms with Crippen LogP contribution in [-0.2, 0) is 11.3 Å². The molecule has 0 atom stereocenters. The fourth-order valence-electron chi connectivity index (χ4n) is 4.74. The van der Waals surface area contributed by atoms with E-state index in [2.05, 4.69) is 51.9 Å². The Bertz CT molecular complexity index is 856. The first-order valence-electron chi connectivity index (χ1n) is 10.4. The molecule has 1 aromatic carbocycles. The van der Waals surface area contributed by atoms with Crippen molar-refractivity contribution < 1.29 is 4.79 Å². The molecule has 1 aromatic heterocycles. The number of carbonyl (C=O) groups excluding carboxylic acids is 1. The number of likely N-dealkylation sites (tertiary alicyclic amines) is 1. The molecule has 2 aliphatic heterocycles. The molecule has 0 radical (unpaired) electrons. The van der Waals surface area contributed by atoms with Crippen LogP contribution >= 0.6 is 0 Å². The Morgan fingerprint density at radius 2 is 1.71 bits per heavy atom. The summed E-state index contributed by atoms with van der Waals surface area (Å²) in [6, 6.07) is 10.4. The maximum Gasteiger partial charge on any atom is 0.229 e. The SMILES string of the molecule is Bc1ccccc1CN1CCCC2(CCN(c3nc(C)cc(C)n3)CC2)C1=O. The van der Waals surface area contributed by atoms with Crippen LogP contribution in [0.4, 0.5) is 5.95 Å². The van der Waals surface area contributed by atoms with Crippen LogP contribution in [0.2, 0.25) is 0 Å². The van der Waals surface area contributed by atoms with E-state index in [0.717, 1.165) is 69.2 Å². The number of amides is 1. The smallest absolute Gasteiger partial charge is 0.229 e. The number of nitrogens with zero attached hydrogens (tertiary/aromatic N) is 4. The molecule has 2 aliphatic rings. The first-order valence-corrected chi connectivity index (χ1v) is 10.4. The summed E-state index contributed by atoms with van der Waals surface area (Å²) in [6.45, 7) is 7.34. The number of hydrogen-bond donors (Lipinski definition) is 0. The lowest BCUT2D eigenvalue weighted by Gasteiger charge is -2.46. The van der Waals surface area contributed by atoms with Crippen LogP contribution in [0.25, 0.3) is 0 Å². The van der Waals surface area contributed by atoms with E-state index in [1.807, 2.05) is 19.9 Å². The van der Waals surface area contributed by atoms with E-state index in [9.17, 15) is 4.79 Å². The summed E-state index contributed by atoms with van der Waals surface area (Å²) < 4.78 is 0. The van der Waals surface area contributed by atoms with E-state index in [4.69, 9.17) is 0 Å². The molecule has 5 nitrogen and oxygen atoms in total. The van der Waals surface area contributed by atoms with Crippen molar-refractivity contribution in [1.82, 2.24) is 14.9 Å². The third kappa shape index (κ3) is 3.65. The predicted octanol–water partition coefficient (Wildman–Crippen LogP) is 1.76. The van der Waals surface area contributed by atoms with E-state index in [0.29, 0.717) is 5.91 Å². The monoisotopic (exact) mass is 376 g/mol. The molecular formula is C22H29BN4O. The highest BCUT2D eigenvalue weighted by Gasteiger charge is 2.45. The van der Waals surface area contributed by atoms with E-state index >= 15 is 0 Å². The summed E-state index contributed by atoms with van der Waals surface area (Å²) in [5.41, 5.74) is 4.32. The molecule has 0 saturated carbocycles. The number of hydrogen-bond acceptors (Lipinski definition) is 4. The first-order chi connectivity index (χ1) is 13.5. The lowest BCUT2D eigenvalue weighted by atomic mass is 9.71. The fraction of sp³-hybridized carbons (Fsp3) is 0.500. The van der Waals surface area contributed by atoms with Crippen molar-refractivity contribution in [3.8, 4) is 0 Å². The standard InChI is InChI=1S/C22H29BN4O/c1-16-14-17(2)25-21(24-16)26-12-9-22(10-13-26)8-5-11-27(20(22)28)15-18-6-3-4-7-19(18)23/h3-4,6-7,14H,5,8-13,15,23H2,1-2H3. The number of rotatable bonds is 3. The fourth-order valence-corrected chi connectivity index (χ4v) is 4.74. The highest BCUT2D eigenvalue weighted by molar-refractivity contribution is 6.33. The van der Waals surface area contributed by atoms with Crippen LogP contribution in [0.1, 0.15) is 42.6 Å². The molecule has 1 spiro atoms. The number of benzene rings is 1. The zero-order valence-corrected chi connectivity index (χ0v) is 17.2. The average molecular weight is 376 g/mol. The topological polar surface area (TPSA) is 49.3 Å². The van der Waals surface area contributed by atoms with E-state index < -0.39 is 0 Å². The predicted molar refractivity (Wildman–Crippen MR) is 115 cm³/mol. The zero-order chi connectivity index (χ0) is 19.7. The Morgan fingerprint density at radius 1 is 1.04 bits per heavy atom. The summed E-state index contributed by atoms with van der Waals surface area (Å²) in [6.07, 6.45) is 3.90. The van der Waals surface area contributed by atoms with Crippen LogP contribution in [-0.4, -0.2) is 48.3 Å². The number of anilines is 1. The minimum absolute atomic E-state index is 0.198. The first kappa shape index (κ1) is 19.0. The van der Waals surface area contributed by atoms with Crippen molar-refractivity contribution in [3.05, 3.63) is 47.3 Å². The molecule has 0 aliphatic carbocycles. The van der Waals surface area contributed by atoms with Crippen molar-refractivity contribution in [3.63, 3.8) is 0 Å². The van der Waals surface area contributed by atoms with Gasteiger partial charge in [0.1, 0.15) is 7.85 Å². The number of aromatic nitrogens is 2. The molecule has 0 bridgehead atoms. The lowest BCUT2D eigenvalue weighted by Crippen LogP contribution is -2.53. The van der Waals surface area contributed by atoms with Gasteiger partial charge in [-0.05, 0) is 51.2 Å². The van der Waals surface area contributed by atoms with Gasteiger partial charge < -0.3 is 9.80 Å². The molecule has 2 fully saturated rings. The van der Waals surface area contributed by atoms with Gasteiger partial charge in [-0.1, -0.05) is 29.7 Å². The zero-order valence-electron chi connectivity index (χ0n) is 17.2. The van der Waals surface area contributed by atoms with Crippen LogP contribution in [0.3, 0.4) is 0 Å². The number of aryl methyl sites for hydroxylation is 2. The molecule has 2 saturated heterocycles. The lowest BCUT2D eigenvalue weighted by molar-refractivity contribution is -0.148. The molecule has 0 N–H and O–H groups in total. The van der Waals surface area contributed by atoms with Crippen molar-refractivity contribution in [2.24, 2.45) is 5.41 Å². The van der Waals surface area contributed by atoms with Gasteiger partial charge in [-0.3, -0.25) is 4.79 Å². The van der Waals surface area contributed by atoms with Gasteiger partial charge in [-0.25, -0.2) is 9.97 Å². The maximum atomic E-state index is 13.4. The van der Waals surface area contributed by atoms with Crippen molar-refractivity contribution in [1.29, 1.82) is 0 Å². The Balaban J connectivity index is 1.46. The Labute approximate surface area is 168 Å². The molecular weight excluding hydrogens is 347 g/mol. The third-order valence-corrected chi connectivity index (χ3v) is 6.42. The molecule has 6 heteroatoms. The van der Waals surface area contributed by atoms with Gasteiger partial charge in [0.25, 0.3) is 0 Å². The summed E-state index contributed by atoms with van der Waals surface area (Å²) in [4.78, 5) is 27.0. The average Bonchev–Trinajstić information content (AvgIpc) is 2.67. The van der Waals surface area contributed by atoms with Crippen molar-refractivity contribution in [2.75, 3.05) is 24.5 Å². The van der Waals surface area contributed by atoms with E-state index in [1.165, 1.54) is 11.0 Å². The Kier molecular flexibility index (Phi) is 5.13. The molecule has 0 unspecified atom stereocenters. The van der Waals surface area contributed by atoms with Gasteiger partial charge in [0.15, 0.2) is 0 Å². The second kappa shape index (κ2) is 7.57. The normalized spacial score (nSPS) is 19.3. The minimum Gasteiger partial charge on any atom is -0.341 e. The number of piperidine rings is 2. The summed E-state index contributed by atoms with van der Waals surface area (Å²) >= 11 is 0. The van der Waals surface area contributed by atoms with Gasteiger partial charge in [-0.2, -0.15) is 0 Å². The highest BCUT2D eigenvalue weighted by atomic mass is 16.2. The van der Waals surface area contributed by atoms with Crippen LogP contribution in [0.15, 0.2) is 30.3 Å². The van der Waals surface area contributed by atoms with Gasteiger partial charge in [0.2, 0.25) is 11.9 Å². The van der Waals surface area contributed by atoms with E-state index in [1.54, 1.807) is 0 Å². The van der Waals surface area contributed by atoms with Gasteiger partial charge in [-0.15, -0.1) is 0 Å². The van der Waals surface area contributed by atoms with Gasteiger partial charge in [0.05, 0.1) is 5.41 Å². The van der Waals surface area contributed by atoms with Gasteiger partial charge in [0, 0.05) is 37.6 Å². The van der Waals surface area contributed by atoms with Crippen LogP contribution < -0.4 is 10.4 Å². The number of carbonyl (C=O) groups is 1. The van der Waals surface area contributed by atoms with Crippen molar-refractivity contribution in [2.45, 2.75) is 46.1 Å². The summed E-state index contributed by atoms with van der Waals surface area (Å²) in [5, 5.41) is 0. The molecule has 2 aromatic rings. The highest BCUT2D eigenvalue weighted by Crippen LogP contribution is 2.41.